The third-order valence-corrected chi connectivity index (χ3v) is 3.93. The summed E-state index contributed by atoms with van der Waals surface area (Å²) in [7, 11) is 0. The monoisotopic (exact) mass is 308 g/mol. The number of aromatic nitrogens is 2. The number of benzene rings is 2. The van der Waals surface area contributed by atoms with Gasteiger partial charge in [0.15, 0.2) is 5.82 Å². The van der Waals surface area contributed by atoms with E-state index in [0.717, 1.165) is 10.2 Å². The molecule has 5 heteroatoms. The third kappa shape index (κ3) is 2.65. The zero-order valence-electron chi connectivity index (χ0n) is 13.5. The number of nitrogens with two attached hydrogens (primary N) is 2. The second-order valence-corrected chi connectivity index (χ2v) is 6.71. The van der Waals surface area contributed by atoms with Crippen molar-refractivity contribution in [2.45, 2.75) is 26.2 Å². The van der Waals surface area contributed by atoms with Gasteiger partial charge in [-0.05, 0) is 29.2 Å². The van der Waals surface area contributed by atoms with Crippen molar-refractivity contribution in [3.05, 3.63) is 58.4 Å². The van der Waals surface area contributed by atoms with Crippen molar-refractivity contribution in [2.24, 2.45) is 0 Å². The minimum absolute atomic E-state index is 0.0617. The van der Waals surface area contributed by atoms with Crippen LogP contribution in [0.4, 0.5) is 5.69 Å². The van der Waals surface area contributed by atoms with Crippen LogP contribution in [-0.4, -0.2) is 9.66 Å². The maximum absolute atomic E-state index is 12.4. The molecule has 1 aromatic heterocycles. The molecule has 0 aliphatic heterocycles. The fourth-order valence-electron chi connectivity index (χ4n) is 2.54. The van der Waals surface area contributed by atoms with E-state index in [1.54, 1.807) is 18.2 Å². The number of nitrogen functional groups attached to an aromatic ring is 2. The fourth-order valence-corrected chi connectivity index (χ4v) is 2.54. The summed E-state index contributed by atoms with van der Waals surface area (Å²) in [5.74, 6) is 6.38. The topological polar surface area (TPSA) is 86.9 Å². The van der Waals surface area contributed by atoms with E-state index in [1.807, 2.05) is 24.3 Å². The molecule has 3 rings (SSSR count). The van der Waals surface area contributed by atoms with Gasteiger partial charge < -0.3 is 11.6 Å². The molecule has 23 heavy (non-hydrogen) atoms. The smallest absolute Gasteiger partial charge is 0.280 e. The Morgan fingerprint density at radius 1 is 1.04 bits per heavy atom. The fraction of sp³-hybridized carbons (Fsp3) is 0.222. The molecule has 0 saturated carbocycles. The second kappa shape index (κ2) is 5.12. The molecule has 0 aliphatic carbocycles. The summed E-state index contributed by atoms with van der Waals surface area (Å²) in [5, 5.41) is 0.455. The third-order valence-electron chi connectivity index (χ3n) is 3.93. The predicted octanol–water partition coefficient (Wildman–Crippen LogP) is 2.66. The molecule has 0 aliphatic rings. The number of nitrogens with zero attached hydrogens (tertiary/aromatic N) is 2. The highest BCUT2D eigenvalue weighted by molar-refractivity contribution is 5.82. The highest BCUT2D eigenvalue weighted by Crippen LogP contribution is 2.25. The van der Waals surface area contributed by atoms with Crippen molar-refractivity contribution in [1.82, 2.24) is 9.66 Å². The first kappa shape index (κ1) is 15.1. The highest BCUT2D eigenvalue weighted by atomic mass is 16.1. The first-order chi connectivity index (χ1) is 10.8. The Morgan fingerprint density at radius 3 is 2.30 bits per heavy atom. The zero-order chi connectivity index (χ0) is 16.8. The number of hydrogen-bond donors (Lipinski definition) is 2. The van der Waals surface area contributed by atoms with Crippen LogP contribution in [0.2, 0.25) is 0 Å². The van der Waals surface area contributed by atoms with Crippen LogP contribution >= 0.6 is 0 Å². The lowest BCUT2D eigenvalue weighted by atomic mass is 9.86. The predicted molar refractivity (Wildman–Crippen MR) is 94.7 cm³/mol. The molecule has 118 valence electrons. The minimum atomic E-state index is -0.287. The van der Waals surface area contributed by atoms with Gasteiger partial charge in [0.25, 0.3) is 5.56 Å². The molecule has 0 unspecified atom stereocenters. The lowest BCUT2D eigenvalue weighted by Crippen LogP contribution is -2.30. The second-order valence-electron chi connectivity index (χ2n) is 6.71. The van der Waals surface area contributed by atoms with E-state index in [1.165, 1.54) is 5.56 Å². The number of fused-ring (bicyclic) bond motifs is 1. The van der Waals surface area contributed by atoms with Gasteiger partial charge in [-0.3, -0.25) is 4.79 Å². The molecule has 0 atom stereocenters. The van der Waals surface area contributed by atoms with Crippen LogP contribution < -0.4 is 17.1 Å². The molecule has 4 N–H and O–H groups in total. The van der Waals surface area contributed by atoms with Crippen LogP contribution in [0.3, 0.4) is 0 Å². The van der Waals surface area contributed by atoms with E-state index in [9.17, 15) is 4.79 Å². The maximum atomic E-state index is 12.4. The molecule has 5 nitrogen and oxygen atoms in total. The maximum Gasteiger partial charge on any atom is 0.280 e. The molecule has 0 bridgehead atoms. The van der Waals surface area contributed by atoms with Crippen LogP contribution in [0.5, 0.6) is 0 Å². The lowest BCUT2D eigenvalue weighted by molar-refractivity contribution is 0.590. The van der Waals surface area contributed by atoms with E-state index in [4.69, 9.17) is 11.6 Å². The van der Waals surface area contributed by atoms with Crippen LogP contribution in [0, 0.1) is 0 Å². The van der Waals surface area contributed by atoms with Gasteiger partial charge in [0.05, 0.1) is 10.9 Å². The Balaban J connectivity index is 2.20. The van der Waals surface area contributed by atoms with Crippen LogP contribution in [0.1, 0.15) is 26.3 Å². The summed E-state index contributed by atoms with van der Waals surface area (Å²) in [6, 6.07) is 12.9. The van der Waals surface area contributed by atoms with Crippen molar-refractivity contribution in [2.75, 3.05) is 11.6 Å². The van der Waals surface area contributed by atoms with Gasteiger partial charge in [-0.15, -0.1) is 0 Å². The summed E-state index contributed by atoms with van der Waals surface area (Å²) in [6.45, 7) is 6.45. The molecule has 0 fully saturated rings. The molecular weight excluding hydrogens is 288 g/mol. The van der Waals surface area contributed by atoms with E-state index < -0.39 is 0 Å². The molecule has 3 aromatic rings. The van der Waals surface area contributed by atoms with Gasteiger partial charge in [-0.2, -0.15) is 0 Å². The van der Waals surface area contributed by atoms with Crippen molar-refractivity contribution in [3.63, 3.8) is 0 Å². The van der Waals surface area contributed by atoms with E-state index in [-0.39, 0.29) is 11.0 Å². The van der Waals surface area contributed by atoms with Crippen molar-refractivity contribution >= 4 is 16.6 Å². The van der Waals surface area contributed by atoms with Crippen molar-refractivity contribution in [3.8, 4) is 11.4 Å². The van der Waals surface area contributed by atoms with Crippen LogP contribution in [0.25, 0.3) is 22.3 Å². The Kier molecular flexibility index (Phi) is 3.36. The molecular formula is C18H20N4O. The Morgan fingerprint density at radius 2 is 1.70 bits per heavy atom. The molecule has 0 saturated heterocycles. The first-order valence-corrected chi connectivity index (χ1v) is 7.45. The highest BCUT2D eigenvalue weighted by Gasteiger charge is 2.15. The summed E-state index contributed by atoms with van der Waals surface area (Å²) in [6.07, 6.45) is 0. The van der Waals surface area contributed by atoms with Gasteiger partial charge in [0, 0.05) is 11.3 Å². The van der Waals surface area contributed by atoms with Gasteiger partial charge in [-0.1, -0.05) is 45.0 Å². The van der Waals surface area contributed by atoms with Crippen LogP contribution in [0.15, 0.2) is 47.3 Å². The Hall–Kier alpha value is -2.82. The Bertz CT molecular complexity index is 934. The lowest BCUT2D eigenvalue weighted by Gasteiger charge is -2.19. The average molecular weight is 308 g/mol. The summed E-state index contributed by atoms with van der Waals surface area (Å²) in [5.41, 5.74) is 8.67. The van der Waals surface area contributed by atoms with Crippen molar-refractivity contribution in [1.29, 1.82) is 0 Å². The quantitative estimate of drug-likeness (QED) is 0.534. The zero-order valence-corrected chi connectivity index (χ0v) is 13.5. The van der Waals surface area contributed by atoms with Gasteiger partial charge in [0.1, 0.15) is 0 Å². The SMILES string of the molecule is CC(C)(C)c1ccc(-c2nc3cc(N)ccc3c(=O)n2N)cc1. The van der Waals surface area contributed by atoms with Gasteiger partial charge in [-0.25, -0.2) is 9.66 Å². The van der Waals surface area contributed by atoms with Crippen molar-refractivity contribution < 1.29 is 0 Å². The van der Waals surface area contributed by atoms with E-state index >= 15 is 0 Å². The number of anilines is 1. The van der Waals surface area contributed by atoms with Gasteiger partial charge in [0.2, 0.25) is 0 Å². The summed E-state index contributed by atoms with van der Waals surface area (Å²) in [4.78, 5) is 16.9. The first-order valence-electron chi connectivity index (χ1n) is 7.45. The molecule has 0 radical (unpaired) electrons. The van der Waals surface area contributed by atoms with Gasteiger partial charge >= 0.3 is 0 Å². The summed E-state index contributed by atoms with van der Waals surface area (Å²) >= 11 is 0. The molecule has 0 amide bonds. The van der Waals surface area contributed by atoms with Crippen LogP contribution in [-0.2, 0) is 5.41 Å². The minimum Gasteiger partial charge on any atom is -0.399 e. The number of rotatable bonds is 1. The van der Waals surface area contributed by atoms with E-state index in [0.29, 0.717) is 22.4 Å². The number of hydrogen-bond acceptors (Lipinski definition) is 4. The summed E-state index contributed by atoms with van der Waals surface area (Å²) < 4.78 is 1.09. The molecule has 1 heterocycles. The average Bonchev–Trinajstić information content (AvgIpc) is 2.50. The standard InChI is InChI=1S/C18H20N4O/c1-18(2,3)12-6-4-11(5-7-12)16-21-15-10-13(19)8-9-14(15)17(23)22(16)20/h4-10H,19-20H2,1-3H3. The molecule has 2 aromatic carbocycles. The van der Waals surface area contributed by atoms with E-state index in [2.05, 4.69) is 25.8 Å². The molecule has 0 spiro atoms. The normalized spacial score (nSPS) is 11.8. The Labute approximate surface area is 134 Å². The largest absolute Gasteiger partial charge is 0.399 e.